The molecule has 0 saturated heterocycles. The Morgan fingerprint density at radius 3 is 2.74 bits per heavy atom. The number of pyridine rings is 1. The Morgan fingerprint density at radius 1 is 1.19 bits per heavy atom. The van der Waals surface area contributed by atoms with Crippen LogP contribution in [0.15, 0.2) is 42.7 Å². The van der Waals surface area contributed by atoms with E-state index in [4.69, 9.17) is 0 Å². The lowest BCUT2D eigenvalue weighted by molar-refractivity contribution is 0.252. The van der Waals surface area contributed by atoms with Gasteiger partial charge in [-0.05, 0) is 67.1 Å². The molecule has 0 saturated carbocycles. The summed E-state index contributed by atoms with van der Waals surface area (Å²) in [6, 6.07) is 9.81. The number of hydrogen-bond acceptors (Lipinski definition) is 2. The third-order valence-corrected chi connectivity index (χ3v) is 4.72. The van der Waals surface area contributed by atoms with Crippen LogP contribution in [-0.4, -0.2) is 22.1 Å². The van der Waals surface area contributed by atoms with Gasteiger partial charge in [-0.15, -0.1) is 0 Å². The van der Waals surface area contributed by atoms with E-state index in [0.717, 1.165) is 29.7 Å². The average Bonchev–Trinajstić information content (AvgIpc) is 2.96. The molecule has 27 heavy (non-hydrogen) atoms. The highest BCUT2D eigenvalue weighted by Gasteiger charge is 2.11. The highest BCUT2D eigenvalue weighted by atomic mass is 16.2. The smallest absolute Gasteiger partial charge is 0.319 e. The van der Waals surface area contributed by atoms with Gasteiger partial charge in [-0.2, -0.15) is 0 Å². The van der Waals surface area contributed by atoms with Crippen LogP contribution in [0.4, 0.5) is 10.5 Å². The number of carbonyl (C=O) groups excluding carboxylic acids is 1. The number of benzene rings is 1. The molecule has 2 amide bonds. The van der Waals surface area contributed by atoms with Crippen molar-refractivity contribution >= 4 is 22.8 Å². The molecule has 2 N–H and O–H groups in total. The van der Waals surface area contributed by atoms with Crippen LogP contribution >= 0.6 is 0 Å². The van der Waals surface area contributed by atoms with Crippen molar-refractivity contribution in [3.8, 4) is 0 Å². The van der Waals surface area contributed by atoms with Gasteiger partial charge < -0.3 is 15.2 Å². The predicted octanol–water partition coefficient (Wildman–Crippen LogP) is 4.67. The summed E-state index contributed by atoms with van der Waals surface area (Å²) in [4.78, 5) is 16.7. The molecule has 0 spiro atoms. The Kier molecular flexibility index (Phi) is 5.79. The largest absolute Gasteiger partial charge is 0.338 e. The summed E-state index contributed by atoms with van der Waals surface area (Å²) in [5.41, 5.74) is 5.42. The lowest BCUT2D eigenvalue weighted by atomic mass is 10.1. The van der Waals surface area contributed by atoms with Gasteiger partial charge in [0.25, 0.3) is 0 Å². The molecule has 2 aromatic heterocycles. The molecule has 0 atom stereocenters. The molecule has 0 bridgehead atoms. The van der Waals surface area contributed by atoms with Gasteiger partial charge in [-0.1, -0.05) is 19.9 Å². The predicted molar refractivity (Wildman–Crippen MR) is 111 cm³/mol. The van der Waals surface area contributed by atoms with Gasteiger partial charge in [0.1, 0.15) is 5.65 Å². The average molecular weight is 364 g/mol. The van der Waals surface area contributed by atoms with E-state index < -0.39 is 0 Å². The number of carbonyl (C=O) groups is 1. The molecular formula is C22H28N4O. The lowest BCUT2D eigenvalue weighted by Crippen LogP contribution is -2.30. The molecule has 142 valence electrons. The van der Waals surface area contributed by atoms with Crippen LogP contribution in [0.3, 0.4) is 0 Å². The quantitative estimate of drug-likeness (QED) is 0.667. The fraction of sp³-hybridized carbons (Fsp3) is 0.364. The van der Waals surface area contributed by atoms with Gasteiger partial charge >= 0.3 is 6.03 Å². The van der Waals surface area contributed by atoms with E-state index >= 15 is 0 Å². The Labute approximate surface area is 160 Å². The van der Waals surface area contributed by atoms with Crippen LogP contribution in [0, 0.1) is 19.8 Å². The standard InChI is InChI=1S/C22H28N4O/c1-15(2)13-26-14-18(20-6-5-10-23-21(20)26)9-11-24-22(27)25-19-8-7-16(3)17(4)12-19/h5-8,10,12,14-15H,9,11,13H2,1-4H3,(H2,24,25,27). The first-order valence-electron chi connectivity index (χ1n) is 9.49. The van der Waals surface area contributed by atoms with E-state index in [0.29, 0.717) is 12.5 Å². The Morgan fingerprint density at radius 2 is 2.00 bits per heavy atom. The van der Waals surface area contributed by atoms with Crippen molar-refractivity contribution in [1.82, 2.24) is 14.9 Å². The second-order valence-corrected chi connectivity index (χ2v) is 7.51. The topological polar surface area (TPSA) is 59.0 Å². The summed E-state index contributed by atoms with van der Waals surface area (Å²) in [7, 11) is 0. The summed E-state index contributed by atoms with van der Waals surface area (Å²) >= 11 is 0. The first kappa shape index (κ1) is 19.0. The maximum atomic E-state index is 12.2. The number of nitrogens with one attached hydrogen (secondary N) is 2. The van der Waals surface area contributed by atoms with Crippen molar-refractivity contribution in [3.63, 3.8) is 0 Å². The minimum absolute atomic E-state index is 0.178. The highest BCUT2D eigenvalue weighted by Crippen LogP contribution is 2.21. The minimum Gasteiger partial charge on any atom is -0.338 e. The van der Waals surface area contributed by atoms with Crippen LogP contribution in [0.2, 0.25) is 0 Å². The molecule has 0 aliphatic carbocycles. The van der Waals surface area contributed by atoms with E-state index in [9.17, 15) is 4.79 Å². The molecule has 0 aliphatic rings. The number of rotatable bonds is 6. The maximum Gasteiger partial charge on any atom is 0.319 e. The number of aromatic nitrogens is 2. The van der Waals surface area contributed by atoms with Gasteiger partial charge in [-0.25, -0.2) is 9.78 Å². The minimum atomic E-state index is -0.178. The number of amides is 2. The van der Waals surface area contributed by atoms with E-state index in [1.165, 1.54) is 16.7 Å². The normalized spacial score (nSPS) is 11.1. The van der Waals surface area contributed by atoms with Crippen molar-refractivity contribution in [2.24, 2.45) is 5.92 Å². The molecule has 0 fully saturated rings. The van der Waals surface area contributed by atoms with Gasteiger partial charge in [0.2, 0.25) is 0 Å². The zero-order chi connectivity index (χ0) is 19.4. The van der Waals surface area contributed by atoms with Crippen molar-refractivity contribution in [1.29, 1.82) is 0 Å². The second-order valence-electron chi connectivity index (χ2n) is 7.51. The lowest BCUT2D eigenvalue weighted by Gasteiger charge is -2.09. The Hall–Kier alpha value is -2.82. The van der Waals surface area contributed by atoms with E-state index in [-0.39, 0.29) is 6.03 Å². The van der Waals surface area contributed by atoms with Gasteiger partial charge in [0.05, 0.1) is 0 Å². The summed E-state index contributed by atoms with van der Waals surface area (Å²) in [5, 5.41) is 7.01. The highest BCUT2D eigenvalue weighted by molar-refractivity contribution is 5.89. The van der Waals surface area contributed by atoms with Crippen LogP contribution in [0.25, 0.3) is 11.0 Å². The molecule has 3 rings (SSSR count). The Bertz CT molecular complexity index is 943. The molecule has 1 aromatic carbocycles. The van der Waals surface area contributed by atoms with Crippen LogP contribution in [0.1, 0.15) is 30.5 Å². The SMILES string of the molecule is Cc1ccc(NC(=O)NCCc2cn(CC(C)C)c3ncccc23)cc1C. The zero-order valence-corrected chi connectivity index (χ0v) is 16.5. The van der Waals surface area contributed by atoms with Crippen LogP contribution in [0.5, 0.6) is 0 Å². The summed E-state index contributed by atoms with van der Waals surface area (Å²) in [6.45, 7) is 10.0. The number of fused-ring (bicyclic) bond motifs is 1. The fourth-order valence-corrected chi connectivity index (χ4v) is 3.23. The molecule has 2 heterocycles. The van der Waals surface area contributed by atoms with Crippen LogP contribution < -0.4 is 10.6 Å². The summed E-state index contributed by atoms with van der Waals surface area (Å²) in [6.07, 6.45) is 4.77. The molecule has 0 unspecified atom stereocenters. The number of hydrogen-bond donors (Lipinski definition) is 2. The van der Waals surface area contributed by atoms with E-state index in [1.54, 1.807) is 0 Å². The van der Waals surface area contributed by atoms with Gasteiger partial charge in [0, 0.05) is 36.6 Å². The zero-order valence-electron chi connectivity index (χ0n) is 16.5. The monoisotopic (exact) mass is 364 g/mol. The van der Waals surface area contributed by atoms with E-state index in [1.807, 2.05) is 37.4 Å². The first-order valence-corrected chi connectivity index (χ1v) is 9.49. The second kappa shape index (κ2) is 8.25. The molecule has 5 nitrogen and oxygen atoms in total. The van der Waals surface area contributed by atoms with Gasteiger partial charge in [-0.3, -0.25) is 0 Å². The number of urea groups is 1. The van der Waals surface area contributed by atoms with Gasteiger partial charge in [0.15, 0.2) is 0 Å². The molecule has 0 aliphatic heterocycles. The molecule has 0 radical (unpaired) electrons. The first-order chi connectivity index (χ1) is 12.9. The van der Waals surface area contributed by atoms with Crippen LogP contribution in [-0.2, 0) is 13.0 Å². The fourth-order valence-electron chi connectivity index (χ4n) is 3.23. The molecule has 3 aromatic rings. The molecular weight excluding hydrogens is 336 g/mol. The van der Waals surface area contributed by atoms with Crippen molar-refractivity contribution in [2.75, 3.05) is 11.9 Å². The third kappa shape index (κ3) is 4.67. The number of anilines is 1. The number of nitrogens with zero attached hydrogens (tertiary/aromatic N) is 2. The third-order valence-electron chi connectivity index (χ3n) is 4.72. The summed E-state index contributed by atoms with van der Waals surface area (Å²) < 4.78 is 2.21. The van der Waals surface area contributed by atoms with Crippen molar-refractivity contribution < 1.29 is 4.79 Å². The van der Waals surface area contributed by atoms with Crippen molar-refractivity contribution in [2.45, 2.75) is 40.7 Å². The number of aryl methyl sites for hydroxylation is 2. The van der Waals surface area contributed by atoms with E-state index in [2.05, 4.69) is 53.2 Å². The van der Waals surface area contributed by atoms with Crippen molar-refractivity contribution in [3.05, 3.63) is 59.4 Å². The Balaban J connectivity index is 1.61. The molecule has 5 heteroatoms. The summed E-state index contributed by atoms with van der Waals surface area (Å²) in [5.74, 6) is 0.553. The maximum absolute atomic E-state index is 12.2.